The van der Waals surface area contributed by atoms with Gasteiger partial charge in [-0.3, -0.25) is 0 Å². The average Bonchev–Trinajstić information content (AvgIpc) is 2.55. The predicted octanol–water partition coefficient (Wildman–Crippen LogP) is 0.756. The first kappa shape index (κ1) is 21.1. The highest BCUT2D eigenvalue weighted by atomic mass is 16.4. The van der Waals surface area contributed by atoms with Crippen molar-refractivity contribution in [2.45, 2.75) is 58.7 Å². The van der Waals surface area contributed by atoms with Gasteiger partial charge >= 0.3 is 0 Å². The van der Waals surface area contributed by atoms with Crippen molar-refractivity contribution in [3.05, 3.63) is 35.9 Å². The fourth-order valence-corrected chi connectivity index (χ4v) is 2.29. The number of aliphatic hydroxyl groups is 1. The largest absolute Gasteiger partial charge is 0.547 e. The number of rotatable bonds is 7. The van der Waals surface area contributed by atoms with E-state index >= 15 is 0 Å². The number of nitriles is 1. The molecule has 128 valence electrons. The molecule has 2 atom stereocenters. The molecule has 5 nitrogen and oxygen atoms in total. The molecule has 0 saturated carbocycles. The molecular weight excluding hydrogens is 292 g/mol. The highest BCUT2D eigenvalue weighted by Crippen LogP contribution is 2.10. The Morgan fingerprint density at radius 1 is 1.26 bits per heavy atom. The van der Waals surface area contributed by atoms with Gasteiger partial charge in [-0.15, -0.1) is 0 Å². The number of aliphatic hydroxyl groups excluding tert-OH is 1. The second-order valence-corrected chi connectivity index (χ2v) is 5.80. The van der Waals surface area contributed by atoms with Gasteiger partial charge in [-0.05, 0) is 32.3 Å². The first-order valence-electron chi connectivity index (χ1n) is 8.05. The maximum absolute atomic E-state index is 10.1. The van der Waals surface area contributed by atoms with Crippen molar-refractivity contribution in [2.75, 3.05) is 0 Å². The molecule has 0 aliphatic heterocycles. The number of carboxylic acid groups (broad SMARTS) is 1. The summed E-state index contributed by atoms with van der Waals surface area (Å²) in [5, 5.41) is 30.2. The maximum atomic E-state index is 10.1. The monoisotopic (exact) mass is 320 g/mol. The summed E-state index contributed by atoms with van der Waals surface area (Å²) >= 11 is 0. The van der Waals surface area contributed by atoms with Crippen LogP contribution in [0.25, 0.3) is 0 Å². The Balaban J connectivity index is 0.000000422. The minimum atomic E-state index is -1.52. The molecule has 0 fully saturated rings. The Hall–Kier alpha value is -1.90. The standard InChI is InChI=1S/C10H20N2.C8H8O3/c1-5-9(6-2)10(7-11)12-8(3)4;9-7(8(10)11)6-4-2-1-3-5-6/h8-10,12H,5-6H2,1-4H3;1-5,7,9H,(H,10,11)/t10-;7-/m01/s1. The van der Waals surface area contributed by atoms with E-state index in [4.69, 9.17) is 10.4 Å². The molecule has 1 aromatic carbocycles. The molecule has 0 amide bonds. The smallest absolute Gasteiger partial charge is 0.176 e. The molecule has 0 aliphatic carbocycles. The Morgan fingerprint density at radius 3 is 2.13 bits per heavy atom. The van der Waals surface area contributed by atoms with Crippen LogP contribution in [0.3, 0.4) is 0 Å². The maximum Gasteiger partial charge on any atom is 0.176 e. The molecular formula is C18H28N2O3. The van der Waals surface area contributed by atoms with Crippen LogP contribution in [0.15, 0.2) is 30.3 Å². The normalized spacial score (nSPS) is 13.0. The number of carboxylic acids is 1. The highest BCUT2D eigenvalue weighted by Gasteiger charge is 2.21. The molecule has 23 heavy (non-hydrogen) atoms. The fraction of sp³-hybridized carbons (Fsp3) is 0.556. The number of hydrogen-bond donors (Lipinski definition) is 2. The number of aliphatic carboxylic acids is 1. The van der Waals surface area contributed by atoms with Crippen molar-refractivity contribution in [3.8, 4) is 6.07 Å². The summed E-state index contributed by atoms with van der Waals surface area (Å²) in [5.41, 5.74) is 0.340. The van der Waals surface area contributed by atoms with Gasteiger partial charge in [0.05, 0.1) is 12.0 Å². The lowest BCUT2D eigenvalue weighted by Gasteiger charge is -2.18. The van der Waals surface area contributed by atoms with Crippen LogP contribution in [0.4, 0.5) is 0 Å². The molecule has 0 saturated heterocycles. The summed E-state index contributed by atoms with van der Waals surface area (Å²) in [6.45, 7) is 8.58. The highest BCUT2D eigenvalue weighted by molar-refractivity contribution is 5.71. The second-order valence-electron chi connectivity index (χ2n) is 5.80. The molecule has 0 aliphatic rings. The lowest BCUT2D eigenvalue weighted by Crippen LogP contribution is -2.94. The van der Waals surface area contributed by atoms with Crippen LogP contribution in [0, 0.1) is 17.2 Å². The molecule has 0 radical (unpaired) electrons. The molecule has 5 heteroatoms. The zero-order chi connectivity index (χ0) is 17.8. The van der Waals surface area contributed by atoms with E-state index in [1.807, 2.05) is 0 Å². The van der Waals surface area contributed by atoms with Crippen LogP contribution in [-0.2, 0) is 4.79 Å². The predicted molar refractivity (Wildman–Crippen MR) is 86.9 cm³/mol. The third-order valence-electron chi connectivity index (χ3n) is 3.64. The third-order valence-corrected chi connectivity index (χ3v) is 3.64. The second kappa shape index (κ2) is 11.6. The minimum absolute atomic E-state index is 0.153. The van der Waals surface area contributed by atoms with Crippen LogP contribution < -0.4 is 10.4 Å². The lowest BCUT2D eigenvalue weighted by atomic mass is 9.95. The molecule has 0 bridgehead atoms. The van der Waals surface area contributed by atoms with Gasteiger partial charge in [-0.1, -0.05) is 44.2 Å². The van der Waals surface area contributed by atoms with Gasteiger partial charge in [-0.25, -0.2) is 0 Å². The van der Waals surface area contributed by atoms with Gasteiger partial charge in [0.25, 0.3) is 0 Å². The van der Waals surface area contributed by atoms with E-state index in [0.29, 0.717) is 17.5 Å². The molecule has 1 aromatic rings. The van der Waals surface area contributed by atoms with Gasteiger partial charge in [0.15, 0.2) is 6.04 Å². The Bertz CT molecular complexity index is 479. The molecule has 0 unspecified atom stereocenters. The third kappa shape index (κ3) is 8.34. The number of carbonyl (C=O) groups is 1. The van der Waals surface area contributed by atoms with E-state index in [-0.39, 0.29) is 6.04 Å². The first-order chi connectivity index (χ1) is 10.9. The van der Waals surface area contributed by atoms with Gasteiger partial charge in [0, 0.05) is 5.92 Å². The van der Waals surface area contributed by atoms with E-state index in [2.05, 4.69) is 39.1 Å². The fourth-order valence-electron chi connectivity index (χ4n) is 2.29. The Morgan fingerprint density at radius 2 is 1.78 bits per heavy atom. The number of nitrogens with zero attached hydrogens (tertiary/aromatic N) is 1. The van der Waals surface area contributed by atoms with Crippen LogP contribution in [0.5, 0.6) is 0 Å². The molecule has 0 spiro atoms. The zero-order valence-corrected chi connectivity index (χ0v) is 14.4. The quantitative estimate of drug-likeness (QED) is 0.774. The van der Waals surface area contributed by atoms with Crippen LogP contribution in [-0.4, -0.2) is 23.2 Å². The average molecular weight is 320 g/mol. The van der Waals surface area contributed by atoms with E-state index in [9.17, 15) is 9.90 Å². The zero-order valence-electron chi connectivity index (χ0n) is 14.4. The summed E-state index contributed by atoms with van der Waals surface area (Å²) < 4.78 is 0. The SMILES string of the molecule is CCC(CC)[C@H](C#N)[NH2+]C(C)C.O=C([O-])[C@H](O)c1ccccc1. The van der Waals surface area contributed by atoms with Crippen LogP contribution in [0.1, 0.15) is 52.2 Å². The molecule has 0 aromatic heterocycles. The Kier molecular flexibility index (Phi) is 10.7. The van der Waals surface area contributed by atoms with Gasteiger partial charge in [0.2, 0.25) is 0 Å². The van der Waals surface area contributed by atoms with Crippen molar-refractivity contribution >= 4 is 5.97 Å². The van der Waals surface area contributed by atoms with Crippen LogP contribution in [0.2, 0.25) is 0 Å². The van der Waals surface area contributed by atoms with E-state index in [1.165, 1.54) is 12.1 Å². The number of hydrogen-bond acceptors (Lipinski definition) is 4. The van der Waals surface area contributed by atoms with Crippen molar-refractivity contribution in [2.24, 2.45) is 5.92 Å². The van der Waals surface area contributed by atoms with Crippen molar-refractivity contribution in [1.82, 2.24) is 0 Å². The van der Waals surface area contributed by atoms with Crippen molar-refractivity contribution < 1.29 is 20.3 Å². The Labute approximate surface area is 139 Å². The summed E-state index contributed by atoms with van der Waals surface area (Å²) in [4.78, 5) is 10.1. The molecule has 0 heterocycles. The lowest BCUT2D eigenvalue weighted by molar-refractivity contribution is -0.710. The summed E-state index contributed by atoms with van der Waals surface area (Å²) in [7, 11) is 0. The number of benzene rings is 1. The summed E-state index contributed by atoms with van der Waals surface area (Å²) in [5.74, 6) is -0.923. The van der Waals surface area contributed by atoms with E-state index in [1.54, 1.807) is 18.2 Å². The van der Waals surface area contributed by atoms with E-state index < -0.39 is 12.1 Å². The van der Waals surface area contributed by atoms with Gasteiger partial charge in [-0.2, -0.15) is 5.26 Å². The number of nitrogens with two attached hydrogens (primary N) is 1. The minimum Gasteiger partial charge on any atom is -0.547 e. The van der Waals surface area contributed by atoms with Gasteiger partial charge in [0.1, 0.15) is 12.2 Å². The summed E-state index contributed by atoms with van der Waals surface area (Å²) in [6, 6.07) is 11.2. The molecule has 1 rings (SSSR count). The first-order valence-corrected chi connectivity index (χ1v) is 8.05. The summed E-state index contributed by atoms with van der Waals surface area (Å²) in [6.07, 6.45) is 0.701. The topological polar surface area (TPSA) is 101 Å². The van der Waals surface area contributed by atoms with E-state index in [0.717, 1.165) is 12.8 Å². The van der Waals surface area contributed by atoms with Crippen LogP contribution >= 0.6 is 0 Å². The van der Waals surface area contributed by atoms with Gasteiger partial charge < -0.3 is 20.3 Å². The van der Waals surface area contributed by atoms with Crippen molar-refractivity contribution in [1.29, 1.82) is 5.26 Å². The van der Waals surface area contributed by atoms with Crippen molar-refractivity contribution in [3.63, 3.8) is 0 Å². The number of carbonyl (C=O) groups excluding carboxylic acids is 1. The molecule has 3 N–H and O–H groups in total. The number of quaternary nitrogens is 1.